The maximum atomic E-state index is 10.0. The van der Waals surface area contributed by atoms with E-state index in [4.69, 9.17) is 23.7 Å². The van der Waals surface area contributed by atoms with E-state index < -0.39 is 6.10 Å². The molecule has 2 aliphatic rings. The summed E-state index contributed by atoms with van der Waals surface area (Å²) in [6, 6.07) is 15.1. The number of hydrogen-bond acceptors (Lipinski definition) is 8. The van der Waals surface area contributed by atoms with Crippen molar-refractivity contribution in [2.24, 2.45) is 0 Å². The third-order valence-electron chi connectivity index (χ3n) is 8.36. The Morgan fingerprint density at radius 3 is 2.36 bits per heavy atom. The fraction of sp³-hybridized carbons (Fsp3) is 0.647. The molecule has 2 fully saturated rings. The number of aliphatic hydroxyl groups excluding tert-OH is 1. The third kappa shape index (κ3) is 10.1. The van der Waals surface area contributed by atoms with Crippen LogP contribution >= 0.6 is 0 Å². The Labute approximate surface area is 252 Å². The first-order chi connectivity index (χ1) is 20.4. The lowest BCUT2D eigenvalue weighted by atomic mass is 9.91. The molecule has 2 aromatic carbocycles. The number of benzene rings is 2. The molecule has 0 bridgehead atoms. The van der Waals surface area contributed by atoms with Gasteiger partial charge in [0.1, 0.15) is 18.5 Å². The first-order valence-electron chi connectivity index (χ1n) is 15.8. The molecule has 42 heavy (non-hydrogen) atoms. The topological polar surface area (TPSA) is 81.7 Å². The highest BCUT2D eigenvalue weighted by Crippen LogP contribution is 2.30. The molecular weight excluding hydrogens is 532 g/mol. The van der Waals surface area contributed by atoms with Gasteiger partial charge in [-0.2, -0.15) is 0 Å². The van der Waals surface area contributed by atoms with Crippen LogP contribution < -0.4 is 19.5 Å². The zero-order valence-corrected chi connectivity index (χ0v) is 26.1. The number of likely N-dealkylation sites (tertiary alicyclic amines) is 1. The molecule has 0 spiro atoms. The summed E-state index contributed by atoms with van der Waals surface area (Å²) in [5.41, 5.74) is 2.43. The Morgan fingerprint density at radius 1 is 0.881 bits per heavy atom. The van der Waals surface area contributed by atoms with Crippen LogP contribution in [-0.4, -0.2) is 94.1 Å². The molecule has 2 N–H and O–H groups in total. The highest BCUT2D eigenvalue weighted by Gasteiger charge is 2.35. The van der Waals surface area contributed by atoms with Crippen LogP contribution in [0.25, 0.3) is 0 Å². The van der Waals surface area contributed by atoms with Gasteiger partial charge < -0.3 is 34.1 Å². The van der Waals surface area contributed by atoms with Gasteiger partial charge in [-0.1, -0.05) is 44.9 Å². The van der Waals surface area contributed by atoms with E-state index >= 15 is 0 Å². The molecule has 1 heterocycles. The highest BCUT2D eigenvalue weighted by molar-refractivity contribution is 5.42. The molecule has 2 unspecified atom stereocenters. The number of hydrogen-bond donors (Lipinski definition) is 2. The van der Waals surface area contributed by atoms with Crippen LogP contribution in [-0.2, 0) is 22.3 Å². The molecule has 1 saturated heterocycles. The summed E-state index contributed by atoms with van der Waals surface area (Å²) in [6.07, 6.45) is 7.71. The fourth-order valence-corrected chi connectivity index (χ4v) is 5.96. The number of aliphatic hydroxyl groups is 1. The van der Waals surface area contributed by atoms with Crippen molar-refractivity contribution < 1.29 is 28.8 Å². The van der Waals surface area contributed by atoms with E-state index in [-0.39, 0.29) is 18.8 Å². The van der Waals surface area contributed by atoms with Crippen LogP contribution in [0.1, 0.15) is 57.1 Å². The van der Waals surface area contributed by atoms with Gasteiger partial charge in [-0.3, -0.25) is 4.90 Å². The molecule has 8 heteroatoms. The number of ether oxygens (including phenoxy) is 5. The SMILES string of the molecule is COc1ccc(CCO[C@H]2CCCCC2N2CC[C@@H](OCCc3ccc(OCC(O)CNC(C)C)cc3)C2)cc1OC. The van der Waals surface area contributed by atoms with Crippen molar-refractivity contribution in [3.05, 3.63) is 53.6 Å². The lowest BCUT2D eigenvalue weighted by molar-refractivity contribution is -0.0343. The fourth-order valence-electron chi connectivity index (χ4n) is 5.96. The second-order valence-electron chi connectivity index (χ2n) is 11.9. The van der Waals surface area contributed by atoms with E-state index in [1.54, 1.807) is 14.2 Å². The Hall–Kier alpha value is -2.36. The zero-order valence-electron chi connectivity index (χ0n) is 26.1. The average Bonchev–Trinajstić information content (AvgIpc) is 3.48. The first-order valence-corrected chi connectivity index (χ1v) is 15.8. The molecular formula is C34H52N2O6. The van der Waals surface area contributed by atoms with Crippen molar-refractivity contribution in [2.75, 3.05) is 53.7 Å². The first kappa shape index (κ1) is 32.6. The summed E-state index contributed by atoms with van der Waals surface area (Å²) in [5, 5.41) is 13.3. The maximum Gasteiger partial charge on any atom is 0.160 e. The summed E-state index contributed by atoms with van der Waals surface area (Å²) in [5.74, 6) is 2.30. The van der Waals surface area contributed by atoms with E-state index in [2.05, 4.69) is 42.3 Å². The zero-order chi connectivity index (χ0) is 29.7. The summed E-state index contributed by atoms with van der Waals surface area (Å²) in [4.78, 5) is 2.61. The highest BCUT2D eigenvalue weighted by atomic mass is 16.5. The van der Waals surface area contributed by atoms with E-state index in [9.17, 15) is 5.11 Å². The molecule has 0 aromatic heterocycles. The second kappa shape index (κ2) is 17.1. The average molecular weight is 585 g/mol. The summed E-state index contributed by atoms with van der Waals surface area (Å²) in [7, 11) is 3.34. The van der Waals surface area contributed by atoms with E-state index in [1.807, 2.05) is 24.3 Å². The molecule has 1 aliphatic carbocycles. The molecule has 1 saturated carbocycles. The molecule has 8 nitrogen and oxygen atoms in total. The number of nitrogens with one attached hydrogen (secondary N) is 1. The molecule has 0 amide bonds. The van der Waals surface area contributed by atoms with Crippen molar-refractivity contribution >= 4 is 0 Å². The Kier molecular flexibility index (Phi) is 13.2. The molecule has 1 aliphatic heterocycles. The standard InChI is InChI=1S/C34H52N2O6/c1-25(2)35-22-28(37)24-42-29-12-9-26(10-13-29)16-19-40-30-15-18-36(23-30)31-7-5-6-8-32(31)41-20-17-27-11-14-33(38-3)34(21-27)39-4/h9-14,21,25,28,30-32,35,37H,5-8,15-20,22-24H2,1-4H3/t28?,30-,31?,32+/m1/s1. The summed E-state index contributed by atoms with van der Waals surface area (Å²) < 4.78 is 29.4. The predicted octanol–water partition coefficient (Wildman–Crippen LogP) is 4.65. The van der Waals surface area contributed by atoms with Crippen LogP contribution in [0.4, 0.5) is 0 Å². The number of nitrogens with zero attached hydrogens (tertiary/aromatic N) is 1. The normalized spacial score (nSPS) is 21.9. The van der Waals surface area contributed by atoms with Gasteiger partial charge in [-0.15, -0.1) is 0 Å². The van der Waals surface area contributed by atoms with Gasteiger partial charge in [0.05, 0.1) is 39.6 Å². The van der Waals surface area contributed by atoms with E-state index in [0.717, 1.165) is 56.0 Å². The van der Waals surface area contributed by atoms with Gasteiger partial charge in [0.15, 0.2) is 11.5 Å². The predicted molar refractivity (Wildman–Crippen MR) is 166 cm³/mol. The minimum Gasteiger partial charge on any atom is -0.493 e. The smallest absolute Gasteiger partial charge is 0.160 e. The molecule has 0 radical (unpaired) electrons. The third-order valence-corrected chi connectivity index (χ3v) is 8.36. The van der Waals surface area contributed by atoms with Gasteiger partial charge in [-0.25, -0.2) is 0 Å². The monoisotopic (exact) mass is 584 g/mol. The van der Waals surface area contributed by atoms with Crippen molar-refractivity contribution in [3.63, 3.8) is 0 Å². The van der Waals surface area contributed by atoms with Crippen LogP contribution in [0.15, 0.2) is 42.5 Å². The van der Waals surface area contributed by atoms with Gasteiger partial charge in [0.2, 0.25) is 0 Å². The van der Waals surface area contributed by atoms with Gasteiger partial charge >= 0.3 is 0 Å². The van der Waals surface area contributed by atoms with E-state index in [0.29, 0.717) is 31.8 Å². The van der Waals surface area contributed by atoms with Crippen molar-refractivity contribution in [1.29, 1.82) is 0 Å². The quantitative estimate of drug-likeness (QED) is 0.278. The molecule has 4 atom stereocenters. The van der Waals surface area contributed by atoms with Gasteiger partial charge in [0.25, 0.3) is 0 Å². The summed E-state index contributed by atoms with van der Waals surface area (Å²) in [6.45, 7) is 8.43. The van der Waals surface area contributed by atoms with Crippen LogP contribution in [0.5, 0.6) is 17.2 Å². The molecule has 2 aromatic rings. The van der Waals surface area contributed by atoms with Gasteiger partial charge in [-0.05, 0) is 67.5 Å². The minimum atomic E-state index is -0.522. The largest absolute Gasteiger partial charge is 0.493 e. The van der Waals surface area contributed by atoms with Crippen molar-refractivity contribution in [3.8, 4) is 17.2 Å². The lowest BCUT2D eigenvalue weighted by Gasteiger charge is -2.38. The Balaban J connectivity index is 1.15. The Morgan fingerprint density at radius 2 is 1.60 bits per heavy atom. The summed E-state index contributed by atoms with van der Waals surface area (Å²) >= 11 is 0. The van der Waals surface area contributed by atoms with Crippen molar-refractivity contribution in [2.45, 2.75) is 89.2 Å². The second-order valence-corrected chi connectivity index (χ2v) is 11.9. The van der Waals surface area contributed by atoms with Crippen LogP contribution in [0, 0.1) is 0 Å². The van der Waals surface area contributed by atoms with Crippen molar-refractivity contribution in [1.82, 2.24) is 10.2 Å². The lowest BCUT2D eigenvalue weighted by Crippen LogP contribution is -2.46. The minimum absolute atomic E-state index is 0.280. The maximum absolute atomic E-state index is 10.0. The van der Waals surface area contributed by atoms with Crippen LogP contribution in [0.2, 0.25) is 0 Å². The van der Waals surface area contributed by atoms with Gasteiger partial charge in [0, 0.05) is 31.7 Å². The Bertz CT molecular complexity index is 1050. The van der Waals surface area contributed by atoms with E-state index in [1.165, 1.54) is 30.4 Å². The number of methoxy groups -OCH3 is 2. The molecule has 4 rings (SSSR count). The molecule has 234 valence electrons. The van der Waals surface area contributed by atoms with Crippen LogP contribution in [0.3, 0.4) is 0 Å². The number of rotatable bonds is 17.